The van der Waals surface area contributed by atoms with Crippen molar-refractivity contribution in [2.45, 2.75) is 19.8 Å². The SMILES string of the molecule is Cc1ccc(C(=O)Nc2cc(N3CCCC3)ccc2F)cc1. The fourth-order valence-electron chi connectivity index (χ4n) is 2.68. The van der Waals surface area contributed by atoms with Gasteiger partial charge in [0.1, 0.15) is 5.82 Å². The molecule has 0 unspecified atom stereocenters. The maximum atomic E-state index is 14.0. The number of halogens is 1. The van der Waals surface area contributed by atoms with Crippen LogP contribution in [0.3, 0.4) is 0 Å². The average Bonchev–Trinajstić information content (AvgIpc) is 3.04. The van der Waals surface area contributed by atoms with Crippen molar-refractivity contribution in [1.82, 2.24) is 0 Å². The highest BCUT2D eigenvalue weighted by Crippen LogP contribution is 2.26. The second kappa shape index (κ2) is 6.18. The van der Waals surface area contributed by atoms with E-state index in [-0.39, 0.29) is 11.6 Å². The van der Waals surface area contributed by atoms with Crippen LogP contribution in [0.1, 0.15) is 28.8 Å². The minimum absolute atomic E-state index is 0.231. The summed E-state index contributed by atoms with van der Waals surface area (Å²) in [5.41, 5.74) is 2.79. The molecule has 2 aromatic carbocycles. The summed E-state index contributed by atoms with van der Waals surface area (Å²) in [6.07, 6.45) is 2.31. The second-order valence-electron chi connectivity index (χ2n) is 5.68. The summed E-state index contributed by atoms with van der Waals surface area (Å²) >= 11 is 0. The van der Waals surface area contributed by atoms with E-state index in [0.717, 1.165) is 37.2 Å². The monoisotopic (exact) mass is 298 g/mol. The third-order valence-electron chi connectivity index (χ3n) is 3.98. The molecule has 1 heterocycles. The van der Waals surface area contributed by atoms with Crippen molar-refractivity contribution in [1.29, 1.82) is 0 Å². The summed E-state index contributed by atoms with van der Waals surface area (Å²) in [6, 6.07) is 12.1. The lowest BCUT2D eigenvalue weighted by atomic mass is 10.1. The predicted molar refractivity (Wildman–Crippen MR) is 87.0 cm³/mol. The molecule has 3 nitrogen and oxygen atoms in total. The molecule has 0 atom stereocenters. The van der Waals surface area contributed by atoms with Crippen molar-refractivity contribution in [2.75, 3.05) is 23.3 Å². The number of hydrogen-bond donors (Lipinski definition) is 1. The minimum Gasteiger partial charge on any atom is -0.371 e. The molecule has 114 valence electrons. The van der Waals surface area contributed by atoms with Gasteiger partial charge in [-0.2, -0.15) is 0 Å². The lowest BCUT2D eigenvalue weighted by molar-refractivity contribution is 0.102. The Hall–Kier alpha value is -2.36. The minimum atomic E-state index is -0.414. The molecule has 1 N–H and O–H groups in total. The molecule has 0 spiro atoms. The zero-order valence-electron chi connectivity index (χ0n) is 12.6. The zero-order chi connectivity index (χ0) is 15.5. The van der Waals surface area contributed by atoms with Gasteiger partial charge in [-0.05, 0) is 50.1 Å². The molecule has 1 saturated heterocycles. The van der Waals surface area contributed by atoms with Crippen LogP contribution in [0, 0.1) is 12.7 Å². The van der Waals surface area contributed by atoms with Crippen LogP contribution in [-0.4, -0.2) is 19.0 Å². The molecule has 0 aromatic heterocycles. The van der Waals surface area contributed by atoms with Gasteiger partial charge in [-0.25, -0.2) is 4.39 Å². The topological polar surface area (TPSA) is 32.3 Å². The van der Waals surface area contributed by atoms with E-state index in [1.165, 1.54) is 6.07 Å². The second-order valence-corrected chi connectivity index (χ2v) is 5.68. The Balaban J connectivity index is 1.80. The van der Waals surface area contributed by atoms with Crippen molar-refractivity contribution in [2.24, 2.45) is 0 Å². The summed E-state index contributed by atoms with van der Waals surface area (Å²) in [5, 5.41) is 2.67. The third kappa shape index (κ3) is 3.11. The number of nitrogens with one attached hydrogen (secondary N) is 1. The summed E-state index contributed by atoms with van der Waals surface area (Å²) in [6.45, 7) is 3.93. The Morgan fingerprint density at radius 3 is 2.45 bits per heavy atom. The van der Waals surface area contributed by atoms with Gasteiger partial charge in [-0.3, -0.25) is 4.79 Å². The molecule has 0 aliphatic carbocycles. The molecule has 22 heavy (non-hydrogen) atoms. The molecule has 1 aliphatic rings. The van der Waals surface area contributed by atoms with Gasteiger partial charge in [0.25, 0.3) is 5.91 Å². The van der Waals surface area contributed by atoms with Crippen molar-refractivity contribution in [3.8, 4) is 0 Å². The molecule has 2 aromatic rings. The molecule has 0 saturated carbocycles. The molecular weight excluding hydrogens is 279 g/mol. The maximum absolute atomic E-state index is 14.0. The van der Waals surface area contributed by atoms with E-state index in [4.69, 9.17) is 0 Å². The van der Waals surface area contributed by atoms with Crippen LogP contribution in [-0.2, 0) is 0 Å². The first-order chi connectivity index (χ1) is 10.6. The Morgan fingerprint density at radius 1 is 1.09 bits per heavy atom. The fourth-order valence-corrected chi connectivity index (χ4v) is 2.68. The van der Waals surface area contributed by atoms with Gasteiger partial charge in [-0.15, -0.1) is 0 Å². The zero-order valence-corrected chi connectivity index (χ0v) is 12.6. The number of anilines is 2. The van der Waals surface area contributed by atoms with Crippen LogP contribution in [0.2, 0.25) is 0 Å². The first-order valence-corrected chi connectivity index (χ1v) is 7.56. The van der Waals surface area contributed by atoms with Gasteiger partial charge < -0.3 is 10.2 Å². The largest absolute Gasteiger partial charge is 0.371 e. The number of benzene rings is 2. The Labute approximate surface area is 129 Å². The summed E-state index contributed by atoms with van der Waals surface area (Å²) < 4.78 is 14.0. The maximum Gasteiger partial charge on any atom is 0.255 e. The van der Waals surface area contributed by atoms with Crippen LogP contribution < -0.4 is 10.2 Å². The number of aryl methyl sites for hydroxylation is 1. The first kappa shape index (κ1) is 14.6. The van der Waals surface area contributed by atoms with Gasteiger partial charge in [0.2, 0.25) is 0 Å². The normalized spacial score (nSPS) is 14.2. The van der Waals surface area contributed by atoms with E-state index in [9.17, 15) is 9.18 Å². The standard InChI is InChI=1S/C18H19FN2O/c1-13-4-6-14(7-5-13)18(22)20-17-12-15(8-9-16(17)19)21-10-2-3-11-21/h4-9,12H,2-3,10-11H2,1H3,(H,20,22). The first-order valence-electron chi connectivity index (χ1n) is 7.56. The molecule has 1 fully saturated rings. The van der Waals surface area contributed by atoms with Crippen LogP contribution in [0.4, 0.5) is 15.8 Å². The highest BCUT2D eigenvalue weighted by Gasteiger charge is 2.15. The van der Waals surface area contributed by atoms with Crippen LogP contribution >= 0.6 is 0 Å². The fraction of sp³-hybridized carbons (Fsp3) is 0.278. The smallest absolute Gasteiger partial charge is 0.255 e. The van der Waals surface area contributed by atoms with Crippen LogP contribution in [0.5, 0.6) is 0 Å². The van der Waals surface area contributed by atoms with E-state index in [2.05, 4.69) is 10.2 Å². The number of carbonyl (C=O) groups excluding carboxylic acids is 1. The van der Waals surface area contributed by atoms with E-state index in [0.29, 0.717) is 5.56 Å². The van der Waals surface area contributed by atoms with Crippen molar-refractivity contribution in [3.63, 3.8) is 0 Å². The summed E-state index contributed by atoms with van der Waals surface area (Å²) in [4.78, 5) is 14.4. The van der Waals surface area contributed by atoms with Gasteiger partial charge in [0.15, 0.2) is 0 Å². The molecular formula is C18H19FN2O. The number of carbonyl (C=O) groups is 1. The van der Waals surface area contributed by atoms with E-state index < -0.39 is 5.82 Å². The van der Waals surface area contributed by atoms with Crippen molar-refractivity contribution in [3.05, 3.63) is 59.4 Å². The number of rotatable bonds is 3. The number of amides is 1. The quantitative estimate of drug-likeness (QED) is 0.929. The van der Waals surface area contributed by atoms with Crippen LogP contribution in [0.15, 0.2) is 42.5 Å². The molecule has 3 rings (SSSR count). The lowest BCUT2D eigenvalue weighted by Gasteiger charge is -2.19. The third-order valence-corrected chi connectivity index (χ3v) is 3.98. The van der Waals surface area contributed by atoms with E-state index >= 15 is 0 Å². The predicted octanol–water partition coefficient (Wildman–Crippen LogP) is 3.99. The number of nitrogens with zero attached hydrogens (tertiary/aromatic N) is 1. The molecule has 0 radical (unpaired) electrons. The molecule has 1 aliphatic heterocycles. The Bertz CT molecular complexity index is 676. The van der Waals surface area contributed by atoms with Gasteiger partial charge >= 0.3 is 0 Å². The van der Waals surface area contributed by atoms with Gasteiger partial charge in [-0.1, -0.05) is 17.7 Å². The van der Waals surface area contributed by atoms with Crippen molar-refractivity contribution >= 4 is 17.3 Å². The summed E-state index contributed by atoms with van der Waals surface area (Å²) in [7, 11) is 0. The Morgan fingerprint density at radius 2 is 1.77 bits per heavy atom. The lowest BCUT2D eigenvalue weighted by Crippen LogP contribution is -2.18. The molecule has 4 heteroatoms. The average molecular weight is 298 g/mol. The van der Waals surface area contributed by atoms with Crippen LogP contribution in [0.25, 0.3) is 0 Å². The highest BCUT2D eigenvalue weighted by atomic mass is 19.1. The van der Waals surface area contributed by atoms with Gasteiger partial charge in [0.05, 0.1) is 5.69 Å². The molecule has 1 amide bonds. The summed E-state index contributed by atoms with van der Waals surface area (Å²) in [5.74, 6) is -0.708. The number of hydrogen-bond acceptors (Lipinski definition) is 2. The highest BCUT2D eigenvalue weighted by molar-refractivity contribution is 6.04. The van der Waals surface area contributed by atoms with Gasteiger partial charge in [0, 0.05) is 24.3 Å². The van der Waals surface area contributed by atoms with E-state index in [1.807, 2.05) is 19.1 Å². The Kier molecular flexibility index (Phi) is 4.09. The van der Waals surface area contributed by atoms with Crippen molar-refractivity contribution < 1.29 is 9.18 Å². The van der Waals surface area contributed by atoms with E-state index in [1.54, 1.807) is 24.3 Å². The molecule has 0 bridgehead atoms.